The Morgan fingerprint density at radius 1 is 1.31 bits per heavy atom. The molecule has 1 aliphatic rings. The molecule has 8 heteroatoms. The molecule has 26 heavy (non-hydrogen) atoms. The Kier molecular flexibility index (Phi) is 5.43. The van der Waals surface area contributed by atoms with Crippen LogP contribution in [0.1, 0.15) is 32.9 Å². The Bertz CT molecular complexity index is 874. The highest BCUT2D eigenvalue weighted by molar-refractivity contribution is 7.17. The van der Waals surface area contributed by atoms with Gasteiger partial charge in [-0.2, -0.15) is 0 Å². The van der Waals surface area contributed by atoms with E-state index in [0.717, 1.165) is 29.7 Å². The SMILES string of the molecule is NC(=O)c1c(NC(=O)COC(=O)C=Cc2ccccn2)sc2c1CCC2. The molecule has 0 aliphatic heterocycles. The van der Waals surface area contributed by atoms with Gasteiger partial charge in [0.2, 0.25) is 0 Å². The normalized spacial score (nSPS) is 12.8. The van der Waals surface area contributed by atoms with E-state index in [1.807, 2.05) is 0 Å². The van der Waals surface area contributed by atoms with Crippen molar-refractivity contribution in [2.75, 3.05) is 11.9 Å². The minimum absolute atomic E-state index is 0.372. The second kappa shape index (κ2) is 7.92. The van der Waals surface area contributed by atoms with Crippen molar-refractivity contribution in [3.8, 4) is 0 Å². The molecule has 134 valence electrons. The zero-order valence-electron chi connectivity index (χ0n) is 13.9. The van der Waals surface area contributed by atoms with Crippen LogP contribution in [0.2, 0.25) is 0 Å². The fraction of sp³-hybridized carbons (Fsp3) is 0.222. The Labute approximate surface area is 153 Å². The van der Waals surface area contributed by atoms with Crippen LogP contribution in [0.15, 0.2) is 30.5 Å². The van der Waals surface area contributed by atoms with E-state index in [-0.39, 0.29) is 0 Å². The first-order chi connectivity index (χ1) is 12.5. The van der Waals surface area contributed by atoms with Crippen LogP contribution in [-0.4, -0.2) is 29.4 Å². The van der Waals surface area contributed by atoms with Crippen molar-refractivity contribution in [3.05, 3.63) is 52.2 Å². The lowest BCUT2D eigenvalue weighted by atomic mass is 10.1. The summed E-state index contributed by atoms with van der Waals surface area (Å²) >= 11 is 1.35. The third kappa shape index (κ3) is 4.15. The lowest BCUT2D eigenvalue weighted by Gasteiger charge is -2.06. The Morgan fingerprint density at radius 2 is 2.15 bits per heavy atom. The van der Waals surface area contributed by atoms with Gasteiger partial charge in [0.15, 0.2) is 6.61 Å². The number of rotatable bonds is 6. The molecule has 0 atom stereocenters. The minimum atomic E-state index is -0.658. The number of hydrogen-bond acceptors (Lipinski definition) is 6. The van der Waals surface area contributed by atoms with Crippen molar-refractivity contribution in [1.29, 1.82) is 0 Å². The first-order valence-electron chi connectivity index (χ1n) is 8.04. The number of nitrogens with one attached hydrogen (secondary N) is 1. The zero-order valence-corrected chi connectivity index (χ0v) is 14.7. The van der Waals surface area contributed by atoms with E-state index in [1.165, 1.54) is 23.5 Å². The summed E-state index contributed by atoms with van der Waals surface area (Å²) in [5, 5.41) is 3.04. The molecule has 0 bridgehead atoms. The molecule has 2 amide bonds. The van der Waals surface area contributed by atoms with Crippen LogP contribution in [-0.2, 0) is 27.2 Å². The van der Waals surface area contributed by atoms with Gasteiger partial charge in [0.1, 0.15) is 5.00 Å². The maximum Gasteiger partial charge on any atom is 0.331 e. The smallest absolute Gasteiger partial charge is 0.331 e. The van der Waals surface area contributed by atoms with Crippen molar-refractivity contribution in [2.45, 2.75) is 19.3 Å². The fourth-order valence-corrected chi connectivity index (χ4v) is 4.04. The fourth-order valence-electron chi connectivity index (χ4n) is 2.73. The number of anilines is 1. The molecule has 0 spiro atoms. The predicted molar refractivity (Wildman–Crippen MR) is 97.7 cm³/mol. The summed E-state index contributed by atoms with van der Waals surface area (Å²) in [6.45, 7) is -0.452. The van der Waals surface area contributed by atoms with Crippen LogP contribution in [0.3, 0.4) is 0 Å². The summed E-state index contributed by atoms with van der Waals surface area (Å²) in [6.07, 6.45) is 6.94. The number of aromatic nitrogens is 1. The van der Waals surface area contributed by atoms with Gasteiger partial charge in [0.25, 0.3) is 11.8 Å². The number of carbonyl (C=O) groups excluding carboxylic acids is 3. The maximum absolute atomic E-state index is 12.0. The van der Waals surface area contributed by atoms with E-state index in [0.29, 0.717) is 16.3 Å². The first-order valence-corrected chi connectivity index (χ1v) is 8.86. The van der Waals surface area contributed by atoms with Crippen molar-refractivity contribution in [1.82, 2.24) is 4.98 Å². The third-order valence-electron chi connectivity index (χ3n) is 3.84. The largest absolute Gasteiger partial charge is 0.452 e. The number of amides is 2. The van der Waals surface area contributed by atoms with Crippen LogP contribution in [0.4, 0.5) is 5.00 Å². The third-order valence-corrected chi connectivity index (χ3v) is 5.05. The van der Waals surface area contributed by atoms with Crippen LogP contribution in [0.5, 0.6) is 0 Å². The molecule has 3 rings (SSSR count). The second-order valence-corrected chi connectivity index (χ2v) is 6.77. The summed E-state index contributed by atoms with van der Waals surface area (Å²) < 4.78 is 4.90. The molecule has 1 aliphatic carbocycles. The maximum atomic E-state index is 12.0. The number of aryl methyl sites for hydroxylation is 1. The molecule has 2 aromatic heterocycles. The quantitative estimate of drug-likeness (QED) is 0.595. The van der Waals surface area contributed by atoms with Crippen molar-refractivity contribution >= 4 is 40.2 Å². The lowest BCUT2D eigenvalue weighted by molar-refractivity contribution is -0.142. The van der Waals surface area contributed by atoms with Gasteiger partial charge >= 0.3 is 5.97 Å². The van der Waals surface area contributed by atoms with Crippen LogP contribution < -0.4 is 11.1 Å². The number of primary amides is 1. The highest BCUT2D eigenvalue weighted by Crippen LogP contribution is 2.38. The Balaban J connectivity index is 1.56. The second-order valence-electron chi connectivity index (χ2n) is 5.67. The minimum Gasteiger partial charge on any atom is -0.452 e. The number of esters is 1. The molecule has 2 aromatic rings. The van der Waals surface area contributed by atoms with E-state index in [2.05, 4.69) is 10.3 Å². The molecule has 0 unspecified atom stereocenters. The number of ether oxygens (including phenoxy) is 1. The van der Waals surface area contributed by atoms with Gasteiger partial charge in [0.05, 0.1) is 11.3 Å². The molecule has 0 fully saturated rings. The van der Waals surface area contributed by atoms with Crippen molar-refractivity contribution in [2.24, 2.45) is 5.73 Å². The number of carbonyl (C=O) groups is 3. The molecule has 0 saturated heterocycles. The average molecular weight is 371 g/mol. The number of thiophene rings is 1. The lowest BCUT2D eigenvalue weighted by Crippen LogP contribution is -2.22. The van der Waals surface area contributed by atoms with Crippen molar-refractivity contribution < 1.29 is 19.1 Å². The van der Waals surface area contributed by atoms with Crippen LogP contribution in [0.25, 0.3) is 6.08 Å². The molecule has 2 heterocycles. The Hall–Kier alpha value is -3.00. The predicted octanol–water partition coefficient (Wildman–Crippen LogP) is 1.93. The molecule has 0 saturated carbocycles. The van der Waals surface area contributed by atoms with Crippen LogP contribution in [0, 0.1) is 0 Å². The van der Waals surface area contributed by atoms with Crippen LogP contribution >= 0.6 is 11.3 Å². The van der Waals surface area contributed by atoms with E-state index in [4.69, 9.17) is 10.5 Å². The van der Waals surface area contributed by atoms with Gasteiger partial charge in [-0.1, -0.05) is 6.07 Å². The van der Waals surface area contributed by atoms with Gasteiger partial charge < -0.3 is 15.8 Å². The highest BCUT2D eigenvalue weighted by atomic mass is 32.1. The van der Waals surface area contributed by atoms with E-state index in [1.54, 1.807) is 24.4 Å². The first kappa shape index (κ1) is 17.8. The highest BCUT2D eigenvalue weighted by Gasteiger charge is 2.26. The summed E-state index contributed by atoms with van der Waals surface area (Å²) in [6, 6.07) is 5.29. The van der Waals surface area contributed by atoms with E-state index < -0.39 is 24.4 Å². The van der Waals surface area contributed by atoms with Gasteiger partial charge in [-0.05, 0) is 43.0 Å². The topological polar surface area (TPSA) is 111 Å². The number of hydrogen-bond donors (Lipinski definition) is 2. The average Bonchev–Trinajstić information content (AvgIpc) is 3.19. The number of fused-ring (bicyclic) bond motifs is 1. The zero-order chi connectivity index (χ0) is 18.5. The summed E-state index contributed by atoms with van der Waals surface area (Å²) in [5.74, 6) is -1.74. The monoisotopic (exact) mass is 371 g/mol. The molecule has 3 N–H and O–H groups in total. The molecule has 7 nitrogen and oxygen atoms in total. The molecule has 0 aromatic carbocycles. The molecular formula is C18H17N3O4S. The standard InChI is InChI=1S/C18H17N3O4S/c19-17(24)16-12-5-3-6-13(12)26-18(16)21-14(22)10-25-15(23)8-7-11-4-1-2-9-20-11/h1-2,4,7-9H,3,5-6,10H2,(H2,19,24)(H,21,22). The van der Waals surface area contributed by atoms with Gasteiger partial charge in [-0.15, -0.1) is 11.3 Å². The van der Waals surface area contributed by atoms with Gasteiger partial charge in [-0.25, -0.2) is 4.79 Å². The number of nitrogens with two attached hydrogens (primary N) is 1. The molecular weight excluding hydrogens is 354 g/mol. The van der Waals surface area contributed by atoms with Gasteiger partial charge in [-0.3, -0.25) is 14.6 Å². The number of nitrogens with zero attached hydrogens (tertiary/aromatic N) is 1. The summed E-state index contributed by atoms with van der Waals surface area (Å²) in [7, 11) is 0. The van der Waals surface area contributed by atoms with E-state index in [9.17, 15) is 14.4 Å². The summed E-state index contributed by atoms with van der Waals surface area (Å²) in [4.78, 5) is 40.5. The van der Waals surface area contributed by atoms with Crippen molar-refractivity contribution in [3.63, 3.8) is 0 Å². The Morgan fingerprint density at radius 3 is 2.88 bits per heavy atom. The number of pyridine rings is 1. The van der Waals surface area contributed by atoms with Gasteiger partial charge in [0, 0.05) is 17.2 Å². The van der Waals surface area contributed by atoms with E-state index >= 15 is 0 Å². The summed E-state index contributed by atoms with van der Waals surface area (Å²) in [5.41, 5.74) is 7.34. The molecule has 0 radical (unpaired) electrons.